The van der Waals surface area contributed by atoms with E-state index in [4.69, 9.17) is 21.1 Å². The number of rotatable bonds is 10. The normalized spacial score (nSPS) is 11.0. The van der Waals surface area contributed by atoms with Crippen molar-refractivity contribution in [2.45, 2.75) is 25.7 Å². The summed E-state index contributed by atoms with van der Waals surface area (Å²) in [4.78, 5) is 24.9. The number of carbonyl (C=O) groups is 2. The van der Waals surface area contributed by atoms with Crippen molar-refractivity contribution in [1.82, 2.24) is 0 Å². The number of anilines is 2. The van der Waals surface area contributed by atoms with Crippen molar-refractivity contribution in [2.24, 2.45) is 0 Å². The maximum atomic E-state index is 13.5. The van der Waals surface area contributed by atoms with Crippen LogP contribution in [-0.2, 0) is 19.6 Å². The number of nitrogens with one attached hydrogen (secondary N) is 1. The van der Waals surface area contributed by atoms with E-state index in [2.05, 4.69) is 5.32 Å². The number of halogens is 1. The van der Waals surface area contributed by atoms with Crippen molar-refractivity contribution in [3.8, 4) is 5.75 Å². The Kier molecular flexibility index (Phi) is 8.95. The Morgan fingerprint density at radius 3 is 2.19 bits per heavy atom. The third-order valence-corrected chi connectivity index (χ3v) is 7.19. The number of carbonyl (C=O) groups excluding carboxylic acids is 2. The van der Waals surface area contributed by atoms with Gasteiger partial charge in [-0.3, -0.25) is 9.10 Å². The third-order valence-electron chi connectivity index (χ3n) is 5.09. The second kappa shape index (κ2) is 11.9. The van der Waals surface area contributed by atoms with E-state index in [1.165, 1.54) is 30.3 Å². The predicted molar refractivity (Wildman–Crippen MR) is 139 cm³/mol. The highest BCUT2D eigenvalue weighted by Crippen LogP contribution is 2.27. The molecule has 3 aromatic carbocycles. The molecule has 8 nitrogen and oxygen atoms in total. The van der Waals surface area contributed by atoms with E-state index in [9.17, 15) is 18.0 Å². The highest BCUT2D eigenvalue weighted by Gasteiger charge is 2.27. The molecule has 0 aliphatic heterocycles. The van der Waals surface area contributed by atoms with Gasteiger partial charge in [0.2, 0.25) is 5.91 Å². The molecule has 0 aliphatic carbocycles. The Labute approximate surface area is 215 Å². The Bertz CT molecular complexity index is 1330. The van der Waals surface area contributed by atoms with Crippen LogP contribution in [0.3, 0.4) is 0 Å². The predicted octanol–water partition coefficient (Wildman–Crippen LogP) is 5.06. The molecule has 0 spiro atoms. The molecule has 0 heterocycles. The van der Waals surface area contributed by atoms with Gasteiger partial charge in [-0.2, -0.15) is 0 Å². The smallest absolute Gasteiger partial charge is 0.338 e. The summed E-state index contributed by atoms with van der Waals surface area (Å²) in [6, 6.07) is 17.1. The summed E-state index contributed by atoms with van der Waals surface area (Å²) in [6.07, 6.45) is 0. The maximum absolute atomic E-state index is 13.5. The fraction of sp³-hybridized carbons (Fsp3) is 0.231. The molecule has 0 fully saturated rings. The van der Waals surface area contributed by atoms with Crippen LogP contribution < -0.4 is 14.4 Å². The zero-order chi connectivity index (χ0) is 26.3. The van der Waals surface area contributed by atoms with E-state index < -0.39 is 28.4 Å². The number of hydrogen-bond donors (Lipinski definition) is 1. The van der Waals surface area contributed by atoms with Crippen LogP contribution in [0.25, 0.3) is 0 Å². The van der Waals surface area contributed by atoms with Crippen LogP contribution in [0.5, 0.6) is 5.75 Å². The maximum Gasteiger partial charge on any atom is 0.338 e. The van der Waals surface area contributed by atoms with Crippen molar-refractivity contribution in [3.05, 3.63) is 82.9 Å². The van der Waals surface area contributed by atoms with Gasteiger partial charge >= 0.3 is 5.97 Å². The second-order valence-electron chi connectivity index (χ2n) is 7.71. The Hall–Kier alpha value is -3.56. The molecular weight excluding hydrogens is 504 g/mol. The minimum Gasteiger partial charge on any atom is -0.494 e. The molecule has 0 aromatic heterocycles. The van der Waals surface area contributed by atoms with Gasteiger partial charge < -0.3 is 14.8 Å². The van der Waals surface area contributed by atoms with E-state index in [1.54, 1.807) is 43.3 Å². The first-order valence-electron chi connectivity index (χ1n) is 11.2. The number of hydrogen-bond acceptors (Lipinski definition) is 6. The van der Waals surface area contributed by atoms with E-state index in [0.29, 0.717) is 12.4 Å². The Balaban J connectivity index is 1.89. The summed E-state index contributed by atoms with van der Waals surface area (Å²) in [5.74, 6) is -0.583. The van der Waals surface area contributed by atoms with E-state index in [-0.39, 0.29) is 33.5 Å². The number of nitrogens with zero attached hydrogens (tertiary/aromatic N) is 1. The molecule has 0 aliphatic rings. The summed E-state index contributed by atoms with van der Waals surface area (Å²) >= 11 is 6.25. The lowest BCUT2D eigenvalue weighted by molar-refractivity contribution is -0.114. The van der Waals surface area contributed by atoms with Crippen molar-refractivity contribution >= 4 is 44.9 Å². The average molecular weight is 531 g/mol. The first-order chi connectivity index (χ1) is 17.1. The van der Waals surface area contributed by atoms with Gasteiger partial charge in [-0.15, -0.1) is 0 Å². The summed E-state index contributed by atoms with van der Waals surface area (Å²) in [6.45, 7) is 5.55. The van der Waals surface area contributed by atoms with Gasteiger partial charge in [0.15, 0.2) is 0 Å². The van der Waals surface area contributed by atoms with Crippen molar-refractivity contribution in [1.29, 1.82) is 0 Å². The fourth-order valence-corrected chi connectivity index (χ4v) is 4.95. The van der Waals surface area contributed by atoms with Gasteiger partial charge in [-0.25, -0.2) is 13.2 Å². The van der Waals surface area contributed by atoms with E-state index in [1.807, 2.05) is 13.8 Å². The minimum atomic E-state index is -4.08. The Morgan fingerprint density at radius 2 is 1.61 bits per heavy atom. The number of benzene rings is 3. The van der Waals surface area contributed by atoms with Gasteiger partial charge in [-0.1, -0.05) is 29.3 Å². The molecule has 36 heavy (non-hydrogen) atoms. The average Bonchev–Trinajstić information content (AvgIpc) is 2.85. The molecule has 0 atom stereocenters. The first kappa shape index (κ1) is 27.0. The SMILES string of the molecule is CCOC(=O)c1ccc(NC(=O)CN(c2ccc(OCC)cc2)S(=O)(=O)c2ccc(C)cc2)c(Cl)c1. The summed E-state index contributed by atoms with van der Waals surface area (Å²) < 4.78 is 38.5. The molecule has 190 valence electrons. The third kappa shape index (κ3) is 6.56. The molecule has 3 aromatic rings. The van der Waals surface area contributed by atoms with Gasteiger partial charge in [0.1, 0.15) is 12.3 Å². The van der Waals surface area contributed by atoms with Crippen LogP contribution in [0, 0.1) is 6.92 Å². The van der Waals surface area contributed by atoms with Crippen molar-refractivity contribution in [3.63, 3.8) is 0 Å². The van der Waals surface area contributed by atoms with Gasteiger partial charge in [0.05, 0.1) is 40.1 Å². The molecule has 0 unspecified atom stereocenters. The van der Waals surface area contributed by atoms with Crippen molar-refractivity contribution in [2.75, 3.05) is 29.4 Å². The molecule has 1 N–H and O–H groups in total. The fourth-order valence-electron chi connectivity index (χ4n) is 3.31. The molecule has 10 heteroatoms. The lowest BCUT2D eigenvalue weighted by atomic mass is 10.2. The van der Waals surface area contributed by atoms with Crippen LogP contribution >= 0.6 is 11.6 Å². The number of amides is 1. The van der Waals surface area contributed by atoms with Gasteiger partial charge in [-0.05, 0) is 75.4 Å². The standard InChI is InChI=1S/C26H27ClN2O6S/c1-4-34-21-11-9-20(10-12-21)29(36(32,33)22-13-6-18(3)7-14-22)17-25(30)28-24-15-8-19(16-23(24)27)26(31)35-5-2/h6-16H,4-5,17H2,1-3H3,(H,28,30). The van der Waals surface area contributed by atoms with Crippen LogP contribution in [-0.4, -0.2) is 40.1 Å². The highest BCUT2D eigenvalue weighted by molar-refractivity contribution is 7.92. The van der Waals surface area contributed by atoms with Crippen LogP contribution in [0.15, 0.2) is 71.6 Å². The monoisotopic (exact) mass is 530 g/mol. The Morgan fingerprint density at radius 1 is 0.944 bits per heavy atom. The zero-order valence-electron chi connectivity index (χ0n) is 20.2. The minimum absolute atomic E-state index is 0.0478. The molecular formula is C26H27ClN2O6S. The van der Waals surface area contributed by atoms with Gasteiger partial charge in [0, 0.05) is 0 Å². The molecule has 0 saturated heterocycles. The van der Waals surface area contributed by atoms with E-state index >= 15 is 0 Å². The molecule has 0 saturated carbocycles. The van der Waals surface area contributed by atoms with Crippen molar-refractivity contribution < 1.29 is 27.5 Å². The summed E-state index contributed by atoms with van der Waals surface area (Å²) in [5, 5.41) is 2.73. The lowest BCUT2D eigenvalue weighted by Gasteiger charge is -2.24. The van der Waals surface area contributed by atoms with E-state index in [0.717, 1.165) is 9.87 Å². The molecule has 0 bridgehead atoms. The number of esters is 1. The second-order valence-corrected chi connectivity index (χ2v) is 9.98. The largest absolute Gasteiger partial charge is 0.494 e. The topological polar surface area (TPSA) is 102 Å². The summed E-state index contributed by atoms with van der Waals surface area (Å²) in [7, 11) is -4.08. The lowest BCUT2D eigenvalue weighted by Crippen LogP contribution is -2.38. The number of sulfonamides is 1. The highest BCUT2D eigenvalue weighted by atomic mass is 35.5. The number of ether oxygens (including phenoxy) is 2. The van der Waals surface area contributed by atoms with Gasteiger partial charge in [0.25, 0.3) is 10.0 Å². The zero-order valence-corrected chi connectivity index (χ0v) is 21.7. The van der Waals surface area contributed by atoms with Crippen LogP contribution in [0.1, 0.15) is 29.8 Å². The molecule has 3 rings (SSSR count). The molecule has 1 amide bonds. The quantitative estimate of drug-likeness (QED) is 0.368. The van der Waals surface area contributed by atoms with Crippen LogP contribution in [0.2, 0.25) is 5.02 Å². The van der Waals surface area contributed by atoms with Crippen LogP contribution in [0.4, 0.5) is 11.4 Å². The molecule has 0 radical (unpaired) electrons. The number of aryl methyl sites for hydroxylation is 1. The summed E-state index contributed by atoms with van der Waals surface area (Å²) in [5.41, 5.74) is 1.66. The first-order valence-corrected chi connectivity index (χ1v) is 13.1.